The molecule has 0 saturated carbocycles. The largest absolute Gasteiger partial charge is 0.327 e. The average molecular weight is 357 g/mol. The molecule has 3 aromatic rings. The Kier molecular flexibility index (Phi) is 5.36. The normalized spacial score (nSPS) is 11.2. The number of aromatic nitrogens is 2. The first kappa shape index (κ1) is 17.5. The SMILES string of the molecule is Cc1nc2ccccc2n1CCN(C)CC(=O)Nc1cccc(Cl)c1. The number of aryl methyl sites for hydroxylation is 1. The zero-order valence-electron chi connectivity index (χ0n) is 14.4. The van der Waals surface area contributed by atoms with Gasteiger partial charge in [-0.2, -0.15) is 0 Å². The molecule has 0 spiro atoms. The number of halogens is 1. The van der Waals surface area contributed by atoms with Crippen molar-refractivity contribution in [1.29, 1.82) is 0 Å². The Morgan fingerprint density at radius 2 is 2.04 bits per heavy atom. The summed E-state index contributed by atoms with van der Waals surface area (Å²) >= 11 is 5.93. The van der Waals surface area contributed by atoms with Crippen LogP contribution >= 0.6 is 11.6 Å². The lowest BCUT2D eigenvalue weighted by Crippen LogP contribution is -2.32. The summed E-state index contributed by atoms with van der Waals surface area (Å²) in [6, 6.07) is 15.2. The van der Waals surface area contributed by atoms with Crippen molar-refractivity contribution in [3.8, 4) is 0 Å². The van der Waals surface area contributed by atoms with Crippen molar-refractivity contribution >= 4 is 34.2 Å². The summed E-state index contributed by atoms with van der Waals surface area (Å²) in [7, 11) is 1.94. The number of nitrogens with one attached hydrogen (secondary N) is 1. The van der Waals surface area contributed by atoms with Crippen LogP contribution in [-0.4, -0.2) is 40.5 Å². The predicted octanol–water partition coefficient (Wildman–Crippen LogP) is 3.57. The number of anilines is 1. The second kappa shape index (κ2) is 7.68. The van der Waals surface area contributed by atoms with E-state index in [4.69, 9.17) is 11.6 Å². The highest BCUT2D eigenvalue weighted by Crippen LogP contribution is 2.16. The minimum atomic E-state index is -0.0584. The first-order chi connectivity index (χ1) is 12.0. The van der Waals surface area contributed by atoms with Crippen molar-refractivity contribution in [2.45, 2.75) is 13.5 Å². The number of benzene rings is 2. The standard InChI is InChI=1S/C19H21ClN4O/c1-14-21-17-8-3-4-9-18(17)24(14)11-10-23(2)13-19(25)22-16-7-5-6-15(20)12-16/h3-9,12H,10-11,13H2,1-2H3,(H,22,25). The van der Waals surface area contributed by atoms with E-state index in [0.717, 1.165) is 29.9 Å². The highest BCUT2D eigenvalue weighted by Gasteiger charge is 2.10. The van der Waals surface area contributed by atoms with E-state index < -0.39 is 0 Å². The molecule has 0 atom stereocenters. The van der Waals surface area contributed by atoms with E-state index in [0.29, 0.717) is 17.3 Å². The van der Waals surface area contributed by atoms with Crippen molar-refractivity contribution in [2.75, 3.05) is 25.5 Å². The fourth-order valence-corrected chi connectivity index (χ4v) is 3.03. The smallest absolute Gasteiger partial charge is 0.238 e. The molecule has 1 heterocycles. The van der Waals surface area contributed by atoms with E-state index in [1.165, 1.54) is 0 Å². The Morgan fingerprint density at radius 3 is 2.84 bits per heavy atom. The molecule has 25 heavy (non-hydrogen) atoms. The molecule has 2 aromatic carbocycles. The molecule has 6 heteroatoms. The number of imidazole rings is 1. The first-order valence-electron chi connectivity index (χ1n) is 8.19. The Bertz CT molecular complexity index is 890. The maximum absolute atomic E-state index is 12.2. The molecule has 0 saturated heterocycles. The molecule has 0 aliphatic rings. The molecule has 130 valence electrons. The highest BCUT2D eigenvalue weighted by atomic mass is 35.5. The van der Waals surface area contributed by atoms with Crippen LogP contribution in [0.4, 0.5) is 5.69 Å². The number of carbonyl (C=O) groups excluding carboxylic acids is 1. The Labute approximate surface area is 152 Å². The lowest BCUT2D eigenvalue weighted by molar-refractivity contribution is -0.117. The monoisotopic (exact) mass is 356 g/mol. The van der Waals surface area contributed by atoms with E-state index >= 15 is 0 Å². The topological polar surface area (TPSA) is 50.2 Å². The minimum Gasteiger partial charge on any atom is -0.327 e. The average Bonchev–Trinajstić information content (AvgIpc) is 2.88. The summed E-state index contributed by atoms with van der Waals surface area (Å²) < 4.78 is 2.18. The van der Waals surface area contributed by atoms with Gasteiger partial charge in [0.2, 0.25) is 5.91 Å². The highest BCUT2D eigenvalue weighted by molar-refractivity contribution is 6.30. The quantitative estimate of drug-likeness (QED) is 0.734. The second-order valence-electron chi connectivity index (χ2n) is 6.10. The van der Waals surface area contributed by atoms with Crippen LogP contribution in [0.15, 0.2) is 48.5 Å². The van der Waals surface area contributed by atoms with Crippen LogP contribution < -0.4 is 5.32 Å². The van der Waals surface area contributed by atoms with E-state index in [9.17, 15) is 4.79 Å². The van der Waals surface area contributed by atoms with Gasteiger partial charge < -0.3 is 9.88 Å². The maximum Gasteiger partial charge on any atom is 0.238 e. The molecule has 0 radical (unpaired) electrons. The van der Waals surface area contributed by atoms with Gasteiger partial charge in [0, 0.05) is 23.8 Å². The van der Waals surface area contributed by atoms with Crippen molar-refractivity contribution in [3.63, 3.8) is 0 Å². The molecule has 1 N–H and O–H groups in total. The lowest BCUT2D eigenvalue weighted by atomic mass is 10.3. The summed E-state index contributed by atoms with van der Waals surface area (Å²) in [5.74, 6) is 0.926. The van der Waals surface area contributed by atoms with Crippen molar-refractivity contribution in [3.05, 3.63) is 59.4 Å². The third-order valence-electron chi connectivity index (χ3n) is 4.07. The fourth-order valence-electron chi connectivity index (χ4n) is 2.84. The van der Waals surface area contributed by atoms with Crippen LogP contribution in [0.3, 0.4) is 0 Å². The second-order valence-corrected chi connectivity index (χ2v) is 6.53. The van der Waals surface area contributed by atoms with Crippen molar-refractivity contribution in [1.82, 2.24) is 14.5 Å². The van der Waals surface area contributed by atoms with Gasteiger partial charge >= 0.3 is 0 Å². The molecule has 0 aliphatic carbocycles. The Morgan fingerprint density at radius 1 is 1.24 bits per heavy atom. The van der Waals surface area contributed by atoms with Gasteiger partial charge in [0.15, 0.2) is 0 Å². The number of hydrogen-bond acceptors (Lipinski definition) is 3. The van der Waals surface area contributed by atoms with E-state index in [1.54, 1.807) is 12.1 Å². The number of fused-ring (bicyclic) bond motifs is 1. The van der Waals surface area contributed by atoms with Crippen molar-refractivity contribution < 1.29 is 4.79 Å². The van der Waals surface area contributed by atoms with E-state index in [-0.39, 0.29) is 5.91 Å². The number of rotatable bonds is 6. The summed E-state index contributed by atoms with van der Waals surface area (Å²) in [4.78, 5) is 18.7. The fraction of sp³-hybridized carbons (Fsp3) is 0.263. The zero-order valence-corrected chi connectivity index (χ0v) is 15.1. The van der Waals surface area contributed by atoms with Crippen LogP contribution in [0.5, 0.6) is 0 Å². The maximum atomic E-state index is 12.2. The molecule has 0 bridgehead atoms. The summed E-state index contributed by atoms with van der Waals surface area (Å²) in [5.41, 5.74) is 2.83. The van der Waals surface area contributed by atoms with E-state index in [1.807, 2.05) is 49.2 Å². The summed E-state index contributed by atoms with van der Waals surface area (Å²) in [5, 5.41) is 3.47. The lowest BCUT2D eigenvalue weighted by Gasteiger charge is -2.17. The first-order valence-corrected chi connectivity index (χ1v) is 8.56. The molecule has 0 fully saturated rings. The zero-order chi connectivity index (χ0) is 17.8. The van der Waals surface area contributed by atoms with Crippen LogP contribution in [0.1, 0.15) is 5.82 Å². The van der Waals surface area contributed by atoms with Gasteiger partial charge in [-0.1, -0.05) is 29.8 Å². The van der Waals surface area contributed by atoms with Crippen LogP contribution in [-0.2, 0) is 11.3 Å². The third kappa shape index (κ3) is 4.38. The predicted molar refractivity (Wildman–Crippen MR) is 102 cm³/mol. The molecule has 1 amide bonds. The van der Waals surface area contributed by atoms with Gasteiger partial charge in [-0.05, 0) is 44.3 Å². The van der Waals surface area contributed by atoms with E-state index in [2.05, 4.69) is 20.9 Å². The number of nitrogens with zero attached hydrogens (tertiary/aromatic N) is 3. The van der Waals surface area contributed by atoms with Gasteiger partial charge in [-0.3, -0.25) is 9.69 Å². The molecule has 1 aromatic heterocycles. The number of carbonyl (C=O) groups is 1. The third-order valence-corrected chi connectivity index (χ3v) is 4.31. The van der Waals surface area contributed by atoms with Gasteiger partial charge in [0.25, 0.3) is 0 Å². The van der Waals surface area contributed by atoms with Crippen LogP contribution in [0.25, 0.3) is 11.0 Å². The molecule has 0 unspecified atom stereocenters. The molecular weight excluding hydrogens is 336 g/mol. The van der Waals surface area contributed by atoms with Gasteiger partial charge in [-0.15, -0.1) is 0 Å². The molecular formula is C19H21ClN4O. The Hall–Kier alpha value is -2.37. The molecule has 3 rings (SSSR count). The van der Waals surface area contributed by atoms with Gasteiger partial charge in [-0.25, -0.2) is 4.98 Å². The summed E-state index contributed by atoms with van der Waals surface area (Å²) in [6.45, 7) is 3.86. The molecule has 0 aliphatic heterocycles. The molecule has 5 nitrogen and oxygen atoms in total. The number of amides is 1. The van der Waals surface area contributed by atoms with Crippen molar-refractivity contribution in [2.24, 2.45) is 0 Å². The number of para-hydroxylation sites is 2. The Balaban J connectivity index is 1.56. The minimum absolute atomic E-state index is 0.0584. The number of hydrogen-bond donors (Lipinski definition) is 1. The van der Waals surface area contributed by atoms with Crippen LogP contribution in [0.2, 0.25) is 5.02 Å². The van der Waals surface area contributed by atoms with Gasteiger partial charge in [0.1, 0.15) is 5.82 Å². The number of likely N-dealkylation sites (N-methyl/N-ethyl adjacent to an activating group) is 1. The van der Waals surface area contributed by atoms with Gasteiger partial charge in [0.05, 0.1) is 17.6 Å². The van der Waals surface area contributed by atoms with Crippen LogP contribution in [0, 0.1) is 6.92 Å². The summed E-state index contributed by atoms with van der Waals surface area (Å²) in [6.07, 6.45) is 0.